The Hall–Kier alpha value is -1.07. The van der Waals surface area contributed by atoms with Crippen molar-refractivity contribution in [2.45, 2.75) is 18.9 Å². The van der Waals surface area contributed by atoms with Crippen molar-refractivity contribution in [3.05, 3.63) is 28.2 Å². The number of carbonyl (C=O) groups excluding carboxylic acids is 1. The van der Waals surface area contributed by atoms with Gasteiger partial charge in [-0.3, -0.25) is 9.69 Å². The summed E-state index contributed by atoms with van der Waals surface area (Å²) in [6.45, 7) is 3.59. The van der Waals surface area contributed by atoms with Gasteiger partial charge in [-0.15, -0.1) is 0 Å². The largest absolute Gasteiger partial charge is 0.398 e. The zero-order valence-corrected chi connectivity index (χ0v) is 12.4. The maximum atomic E-state index is 12.5. The number of nitrogens with zero attached hydrogens (tertiary/aromatic N) is 2. The minimum atomic E-state index is 0.0502. The molecule has 1 heterocycles. The number of rotatable bonds is 2. The number of halogens is 1. The highest BCUT2D eigenvalue weighted by atomic mass is 79.9. The van der Waals surface area contributed by atoms with Gasteiger partial charge < -0.3 is 10.6 Å². The highest BCUT2D eigenvalue weighted by molar-refractivity contribution is 9.10. The second-order valence-electron chi connectivity index (χ2n) is 5.29. The first kappa shape index (κ1) is 12.9. The monoisotopic (exact) mass is 323 g/mol. The van der Waals surface area contributed by atoms with Crippen LogP contribution in [0.3, 0.4) is 0 Å². The molecule has 1 saturated heterocycles. The third-order valence-electron chi connectivity index (χ3n) is 3.91. The topological polar surface area (TPSA) is 49.6 Å². The molecule has 1 amide bonds. The standard InChI is InChI=1S/C14H18BrN3O/c15-10-1-4-13(16)12(9-10)14(19)18-7-5-17(6-8-18)11-2-3-11/h1,4,9,11H,2-3,5-8,16H2. The fourth-order valence-electron chi connectivity index (χ4n) is 2.61. The number of benzene rings is 1. The van der Waals surface area contributed by atoms with Crippen molar-refractivity contribution in [2.75, 3.05) is 31.9 Å². The summed E-state index contributed by atoms with van der Waals surface area (Å²) < 4.78 is 0.890. The summed E-state index contributed by atoms with van der Waals surface area (Å²) >= 11 is 3.39. The molecule has 19 heavy (non-hydrogen) atoms. The lowest BCUT2D eigenvalue weighted by atomic mass is 10.1. The van der Waals surface area contributed by atoms with Crippen LogP contribution in [-0.2, 0) is 0 Å². The molecule has 5 heteroatoms. The molecule has 0 aromatic heterocycles. The SMILES string of the molecule is Nc1ccc(Br)cc1C(=O)N1CCN(C2CC2)CC1. The van der Waals surface area contributed by atoms with E-state index in [-0.39, 0.29) is 5.91 Å². The number of hydrogen-bond acceptors (Lipinski definition) is 3. The number of carbonyl (C=O) groups is 1. The van der Waals surface area contributed by atoms with Gasteiger partial charge in [0.1, 0.15) is 0 Å². The van der Waals surface area contributed by atoms with E-state index in [1.54, 1.807) is 6.07 Å². The van der Waals surface area contributed by atoms with Crippen LogP contribution in [0.1, 0.15) is 23.2 Å². The quantitative estimate of drug-likeness (QED) is 0.846. The van der Waals surface area contributed by atoms with E-state index in [2.05, 4.69) is 20.8 Å². The Balaban J connectivity index is 1.68. The normalized spacial score (nSPS) is 20.6. The van der Waals surface area contributed by atoms with Crippen molar-refractivity contribution in [1.29, 1.82) is 0 Å². The molecule has 1 aromatic carbocycles. The molecule has 2 fully saturated rings. The first-order valence-corrected chi connectivity index (χ1v) is 7.53. The van der Waals surface area contributed by atoms with E-state index >= 15 is 0 Å². The van der Waals surface area contributed by atoms with Gasteiger partial charge in [0.2, 0.25) is 0 Å². The van der Waals surface area contributed by atoms with E-state index < -0.39 is 0 Å². The summed E-state index contributed by atoms with van der Waals surface area (Å²) in [7, 11) is 0. The molecule has 0 atom stereocenters. The van der Waals surface area contributed by atoms with Crippen molar-refractivity contribution in [3.63, 3.8) is 0 Å². The van der Waals surface area contributed by atoms with Crippen molar-refractivity contribution in [1.82, 2.24) is 9.80 Å². The predicted molar refractivity (Wildman–Crippen MR) is 79.1 cm³/mol. The van der Waals surface area contributed by atoms with Crippen molar-refractivity contribution in [3.8, 4) is 0 Å². The lowest BCUT2D eigenvalue weighted by Crippen LogP contribution is -2.49. The van der Waals surface area contributed by atoms with Crippen LogP contribution in [0.15, 0.2) is 22.7 Å². The number of anilines is 1. The summed E-state index contributed by atoms with van der Waals surface area (Å²) in [6.07, 6.45) is 2.65. The Morgan fingerprint density at radius 1 is 1.21 bits per heavy atom. The van der Waals surface area contributed by atoms with Gasteiger partial charge in [-0.1, -0.05) is 15.9 Å². The van der Waals surface area contributed by atoms with Crippen LogP contribution in [0.4, 0.5) is 5.69 Å². The molecule has 0 unspecified atom stereocenters. The number of nitrogen functional groups attached to an aromatic ring is 1. The minimum Gasteiger partial charge on any atom is -0.398 e. The molecule has 2 aliphatic rings. The van der Waals surface area contributed by atoms with Crippen LogP contribution in [0.25, 0.3) is 0 Å². The zero-order chi connectivity index (χ0) is 13.4. The zero-order valence-electron chi connectivity index (χ0n) is 10.8. The van der Waals surface area contributed by atoms with Gasteiger partial charge in [0, 0.05) is 42.4 Å². The van der Waals surface area contributed by atoms with Crippen LogP contribution in [0, 0.1) is 0 Å². The molecule has 2 N–H and O–H groups in total. The highest BCUT2D eigenvalue weighted by Crippen LogP contribution is 2.28. The fraction of sp³-hybridized carbons (Fsp3) is 0.500. The molecule has 0 radical (unpaired) electrons. The molecule has 1 aromatic rings. The van der Waals surface area contributed by atoms with E-state index in [1.807, 2.05) is 17.0 Å². The Labute approximate surface area is 121 Å². The van der Waals surface area contributed by atoms with E-state index in [4.69, 9.17) is 5.73 Å². The molecule has 0 spiro atoms. The first-order chi connectivity index (χ1) is 9.15. The minimum absolute atomic E-state index is 0.0502. The lowest BCUT2D eigenvalue weighted by Gasteiger charge is -2.35. The van der Waals surface area contributed by atoms with Crippen molar-refractivity contribution < 1.29 is 4.79 Å². The third kappa shape index (κ3) is 2.77. The average molecular weight is 324 g/mol. The molecule has 1 aliphatic carbocycles. The molecule has 102 valence electrons. The average Bonchev–Trinajstić information content (AvgIpc) is 3.25. The van der Waals surface area contributed by atoms with E-state index in [0.29, 0.717) is 11.3 Å². The maximum absolute atomic E-state index is 12.5. The summed E-state index contributed by atoms with van der Waals surface area (Å²) in [4.78, 5) is 16.9. The molecule has 0 bridgehead atoms. The van der Waals surface area contributed by atoms with Crippen LogP contribution < -0.4 is 5.73 Å². The summed E-state index contributed by atoms with van der Waals surface area (Å²) in [5.74, 6) is 0.0502. The Morgan fingerprint density at radius 2 is 1.89 bits per heavy atom. The predicted octanol–water partition coefficient (Wildman–Crippen LogP) is 1.95. The lowest BCUT2D eigenvalue weighted by molar-refractivity contribution is 0.0628. The van der Waals surface area contributed by atoms with E-state index in [9.17, 15) is 4.79 Å². The van der Waals surface area contributed by atoms with Crippen LogP contribution >= 0.6 is 15.9 Å². The van der Waals surface area contributed by atoms with E-state index in [1.165, 1.54) is 12.8 Å². The second kappa shape index (κ2) is 5.13. The Bertz CT molecular complexity index is 493. The van der Waals surface area contributed by atoms with Crippen molar-refractivity contribution >= 4 is 27.5 Å². The molecular weight excluding hydrogens is 306 g/mol. The van der Waals surface area contributed by atoms with Crippen LogP contribution in [0.2, 0.25) is 0 Å². The molecular formula is C14H18BrN3O. The fourth-order valence-corrected chi connectivity index (χ4v) is 2.97. The Kier molecular flexibility index (Phi) is 3.50. The molecule has 3 rings (SSSR count). The van der Waals surface area contributed by atoms with Crippen molar-refractivity contribution in [2.24, 2.45) is 0 Å². The number of nitrogens with two attached hydrogens (primary N) is 1. The molecule has 1 aliphatic heterocycles. The van der Waals surface area contributed by atoms with Gasteiger partial charge in [-0.05, 0) is 31.0 Å². The van der Waals surface area contributed by atoms with Gasteiger partial charge >= 0.3 is 0 Å². The summed E-state index contributed by atoms with van der Waals surface area (Å²) in [6, 6.07) is 6.23. The number of amides is 1. The Morgan fingerprint density at radius 3 is 2.53 bits per heavy atom. The summed E-state index contributed by atoms with van der Waals surface area (Å²) in [5.41, 5.74) is 7.06. The second-order valence-corrected chi connectivity index (χ2v) is 6.21. The van der Waals surface area contributed by atoms with Gasteiger partial charge in [0.15, 0.2) is 0 Å². The van der Waals surface area contributed by atoms with Gasteiger partial charge in [0.25, 0.3) is 5.91 Å². The molecule has 4 nitrogen and oxygen atoms in total. The van der Waals surface area contributed by atoms with Gasteiger partial charge in [-0.25, -0.2) is 0 Å². The summed E-state index contributed by atoms with van der Waals surface area (Å²) in [5, 5.41) is 0. The molecule has 1 saturated carbocycles. The van der Waals surface area contributed by atoms with Gasteiger partial charge in [-0.2, -0.15) is 0 Å². The van der Waals surface area contributed by atoms with Crippen LogP contribution in [-0.4, -0.2) is 47.9 Å². The highest BCUT2D eigenvalue weighted by Gasteiger charge is 2.32. The van der Waals surface area contributed by atoms with Gasteiger partial charge in [0.05, 0.1) is 5.56 Å². The maximum Gasteiger partial charge on any atom is 0.256 e. The smallest absolute Gasteiger partial charge is 0.256 e. The van der Waals surface area contributed by atoms with E-state index in [0.717, 1.165) is 36.7 Å². The third-order valence-corrected chi connectivity index (χ3v) is 4.40. The first-order valence-electron chi connectivity index (χ1n) is 6.73. The number of piperazine rings is 1. The van der Waals surface area contributed by atoms with Crippen LogP contribution in [0.5, 0.6) is 0 Å². The number of hydrogen-bond donors (Lipinski definition) is 1.